The van der Waals surface area contributed by atoms with Crippen LogP contribution in [0.2, 0.25) is 50.6 Å². The molecule has 0 bridgehead atoms. The molecule has 0 amide bonds. The summed E-state index contributed by atoms with van der Waals surface area (Å²) in [6.45, 7) is 36.6. The van der Waals surface area contributed by atoms with Crippen molar-refractivity contribution in [1.82, 2.24) is 33.7 Å². The van der Waals surface area contributed by atoms with Gasteiger partial charge in [0, 0.05) is 18.6 Å². The maximum absolute atomic E-state index is 2.70. The van der Waals surface area contributed by atoms with Gasteiger partial charge in [-0.1, -0.05) is 418 Å². The molecule has 0 atom stereocenters. The molecule has 109 heavy (non-hydrogen) atoms. The summed E-state index contributed by atoms with van der Waals surface area (Å²) < 4.78 is 0. The van der Waals surface area contributed by atoms with Crippen LogP contribution >= 0.6 is 0 Å². The number of unbranched alkanes of at least 4 members (excludes halogenated alkanes) is 1. The van der Waals surface area contributed by atoms with Gasteiger partial charge in [-0.25, -0.2) is 0 Å². The first kappa shape index (κ1) is 86.9. The zero-order valence-corrected chi connectivity index (χ0v) is 69.8. The van der Waals surface area contributed by atoms with Crippen molar-refractivity contribution in [2.75, 3.05) is 66.0 Å². The molecular weight excluding hydrogens is 1310 g/mol. The summed E-state index contributed by atoms with van der Waals surface area (Å²) in [6.07, 6.45) is 33.9. The van der Waals surface area contributed by atoms with Gasteiger partial charge < -0.3 is 33.7 Å². The molecule has 0 N–H and O–H groups in total. The van der Waals surface area contributed by atoms with Crippen molar-refractivity contribution >= 4 is 80.7 Å². The number of nitrogens with zero attached hydrogens (tertiary/aromatic N) is 7. The zero-order chi connectivity index (χ0) is 76.5. The predicted octanol–water partition coefficient (Wildman–Crippen LogP) is 18.4. The van der Waals surface area contributed by atoms with Gasteiger partial charge in [0.15, 0.2) is 0 Å². The molecule has 0 aliphatic carbocycles. The molecule has 7 aliphatic heterocycles. The van der Waals surface area contributed by atoms with Gasteiger partial charge in [0.2, 0.25) is 6.85 Å². The van der Waals surface area contributed by atoms with E-state index in [4.69, 9.17) is 0 Å². The third-order valence-corrected chi connectivity index (χ3v) is 24.3. The van der Waals surface area contributed by atoms with Crippen molar-refractivity contribution in [3.63, 3.8) is 0 Å². The lowest BCUT2D eigenvalue weighted by molar-refractivity contribution is 0.234. The molecule has 8 aromatic carbocycles. The standard InChI is InChI=1S/C17H20BN.C15H24BN.C14H22BN.2C13H20BN.C12H18BN.C11H16BN/c1-3-9-16(10-4-1)15-19-14-8-7-13-18(19)17-11-5-2-6-12-17;1-2-3-11-16-12-7-8-13-17(16)14-15-9-5-4-6-10-15;1-14(2,3)16-12-8-7-11-15(16)13-9-5-4-6-10-13;1-12(2)15-11-7-6-10-14(15)13-8-4-3-5-9-13;1-2-11-15-12-7-6-10-14(15)13-8-4-3-5-9-13;1-2-14-11-7-6-10-13(14)12-8-4-3-5-9-12;1-13-10-6-5-9-12(13)11-7-3-2-4-8-11/h1-6,9-12H,7-8,13-15H2;4-6,9-10H,2-3,7-8,11-14H2,1H3;4-6,9-10H,7-8,11-12H2,1-3H3;3-5,8-9,12H,6-7,10-11H2,1-2H3;3-5,8-9H,2,6-7,10-12H2,1H3;3-5,8-9H,2,6-7,10-11H2,1H3;2-4,7-8H,5-6,9-10H2,1H3. The van der Waals surface area contributed by atoms with Crippen LogP contribution in [-0.4, -0.2) is 159 Å². The Kier molecular flexibility index (Phi) is 39.4. The summed E-state index contributed by atoms with van der Waals surface area (Å²) in [4.78, 5) is 18.4. The van der Waals surface area contributed by atoms with Gasteiger partial charge in [-0.05, 0) is 155 Å². The maximum Gasteiger partial charge on any atom is 0.257 e. The third kappa shape index (κ3) is 29.4. The van der Waals surface area contributed by atoms with Gasteiger partial charge in [-0.15, -0.1) is 0 Å². The van der Waals surface area contributed by atoms with Crippen molar-refractivity contribution in [3.05, 3.63) is 254 Å². The van der Waals surface area contributed by atoms with E-state index in [0.29, 0.717) is 47.1 Å². The Bertz CT molecular complexity index is 3570. The molecule has 7 saturated heterocycles. The predicted molar refractivity (Wildman–Crippen MR) is 488 cm³/mol. The van der Waals surface area contributed by atoms with E-state index in [1.807, 2.05) is 0 Å². The van der Waals surface area contributed by atoms with Crippen LogP contribution in [0.15, 0.2) is 243 Å². The zero-order valence-electron chi connectivity index (χ0n) is 69.8. The van der Waals surface area contributed by atoms with E-state index in [1.165, 1.54) is 263 Å². The van der Waals surface area contributed by atoms with Crippen LogP contribution in [0.5, 0.6) is 0 Å². The van der Waals surface area contributed by atoms with Crippen molar-refractivity contribution < 1.29 is 0 Å². The number of benzene rings is 8. The lowest BCUT2D eigenvalue weighted by atomic mass is 9.48. The Morgan fingerprint density at radius 2 is 0.633 bits per heavy atom. The van der Waals surface area contributed by atoms with Gasteiger partial charge in [0.1, 0.15) is 0 Å². The van der Waals surface area contributed by atoms with Crippen molar-refractivity contribution in [2.45, 2.75) is 240 Å². The number of hydrogen-bond donors (Lipinski definition) is 0. The minimum atomic E-state index is 0.279. The fourth-order valence-corrected chi connectivity index (χ4v) is 18.5. The summed E-state index contributed by atoms with van der Waals surface area (Å²) in [6, 6.07) is 88.1. The van der Waals surface area contributed by atoms with E-state index in [0.717, 1.165) is 19.9 Å². The molecule has 0 spiro atoms. The van der Waals surface area contributed by atoms with Crippen molar-refractivity contribution in [2.24, 2.45) is 0 Å². The largest absolute Gasteiger partial charge is 0.341 e. The van der Waals surface area contributed by atoms with E-state index in [-0.39, 0.29) is 5.54 Å². The Morgan fingerprint density at radius 1 is 0.312 bits per heavy atom. The molecule has 0 saturated carbocycles. The smallest absolute Gasteiger partial charge is 0.257 e. The molecule has 0 radical (unpaired) electrons. The minimum Gasteiger partial charge on any atom is -0.341 e. The molecule has 7 fully saturated rings. The highest BCUT2D eigenvalue weighted by molar-refractivity contribution is 6.73. The molecule has 7 heterocycles. The monoisotopic (exact) mass is 1460 g/mol. The number of hydrogen-bond acceptors (Lipinski definition) is 7. The molecule has 7 aliphatic rings. The highest BCUT2D eigenvalue weighted by Gasteiger charge is 2.36. The Labute approximate surface area is 669 Å². The topological polar surface area (TPSA) is 22.7 Å². The van der Waals surface area contributed by atoms with Crippen LogP contribution in [0.3, 0.4) is 0 Å². The Balaban J connectivity index is 0.000000147. The molecule has 15 rings (SSSR count). The van der Waals surface area contributed by atoms with Crippen LogP contribution in [0.25, 0.3) is 0 Å². The Morgan fingerprint density at radius 3 is 1.06 bits per heavy atom. The van der Waals surface area contributed by atoms with E-state index in [9.17, 15) is 0 Å². The maximum atomic E-state index is 2.70. The van der Waals surface area contributed by atoms with Crippen LogP contribution in [-0.2, 0) is 13.1 Å². The molecule has 7 nitrogen and oxygen atoms in total. The average Bonchev–Trinajstić information content (AvgIpc) is 0.820. The molecule has 14 heteroatoms. The summed E-state index contributed by atoms with van der Waals surface area (Å²) in [5, 5.41) is 0. The first-order valence-electron chi connectivity index (χ1n) is 44.0. The van der Waals surface area contributed by atoms with Gasteiger partial charge in [0.25, 0.3) is 41.1 Å². The summed E-state index contributed by atoms with van der Waals surface area (Å²) in [5.74, 6) is 0. The summed E-state index contributed by atoms with van der Waals surface area (Å²) in [7, 11) is 2.23. The minimum absolute atomic E-state index is 0.279. The lowest BCUT2D eigenvalue weighted by Gasteiger charge is -2.43. The van der Waals surface area contributed by atoms with Crippen LogP contribution in [0.1, 0.15) is 176 Å². The summed E-state index contributed by atoms with van der Waals surface area (Å²) >= 11 is 0. The van der Waals surface area contributed by atoms with Crippen molar-refractivity contribution in [3.8, 4) is 0 Å². The molecule has 0 unspecified atom stereocenters. The fraction of sp³-hybridized carbons (Fsp3) is 0.495. The normalized spacial score (nSPS) is 18.0. The molecular formula is C95H140B7N7. The Hall–Kier alpha value is -6.07. The molecule has 576 valence electrons. The van der Waals surface area contributed by atoms with Crippen LogP contribution < -0.4 is 32.8 Å². The molecule has 0 aromatic heterocycles. The van der Waals surface area contributed by atoms with Gasteiger partial charge >= 0.3 is 0 Å². The van der Waals surface area contributed by atoms with E-state index in [1.54, 1.807) is 0 Å². The first-order valence-corrected chi connectivity index (χ1v) is 44.0. The van der Waals surface area contributed by atoms with Crippen LogP contribution in [0, 0.1) is 0 Å². The first-order chi connectivity index (χ1) is 53.4. The second-order valence-electron chi connectivity index (χ2n) is 33.6. The van der Waals surface area contributed by atoms with Gasteiger partial charge in [-0.2, -0.15) is 0 Å². The second kappa shape index (κ2) is 49.4. The molecule has 8 aromatic rings. The van der Waals surface area contributed by atoms with E-state index < -0.39 is 0 Å². The SMILES string of the molecule is CC(C)(C)N1CCCCB1c1ccccc1.CC(C)N1CCCCB1c1ccccc1.CCCCB1CCCCN1Cc1ccccc1.CCCN1CCCCB1c1ccccc1.CCN1CCCCB1c1ccccc1.CN1CCCCB1c1ccccc1.c1ccc(CN2CCCCB2c2ccccc2)cc1. The highest BCUT2D eigenvalue weighted by Crippen LogP contribution is 2.26. The average molecular weight is 1460 g/mol. The fourth-order valence-electron chi connectivity index (χ4n) is 18.5. The quantitative estimate of drug-likeness (QED) is 0.0837. The number of rotatable bonds is 17. The van der Waals surface area contributed by atoms with Gasteiger partial charge in [-0.3, -0.25) is 0 Å². The third-order valence-electron chi connectivity index (χ3n) is 24.3. The summed E-state index contributed by atoms with van der Waals surface area (Å²) in [5.41, 5.74) is 12.1. The van der Waals surface area contributed by atoms with E-state index in [2.05, 4.69) is 339 Å². The lowest BCUT2D eigenvalue weighted by Crippen LogP contribution is -2.58. The van der Waals surface area contributed by atoms with Crippen molar-refractivity contribution in [1.29, 1.82) is 0 Å². The van der Waals surface area contributed by atoms with Gasteiger partial charge in [0.05, 0.1) is 0 Å². The highest BCUT2D eigenvalue weighted by atomic mass is 15.1. The van der Waals surface area contributed by atoms with Crippen LogP contribution in [0.4, 0.5) is 0 Å². The second-order valence-corrected chi connectivity index (χ2v) is 33.6. The van der Waals surface area contributed by atoms with E-state index >= 15 is 0 Å².